The van der Waals surface area contributed by atoms with Crippen LogP contribution >= 0.6 is 35.1 Å². The van der Waals surface area contributed by atoms with E-state index in [1.165, 1.54) is 29.6 Å². The molecule has 0 bridgehead atoms. The molecule has 0 N–H and O–H groups in total. The fourth-order valence-electron chi connectivity index (χ4n) is 2.54. The smallest absolute Gasteiger partial charge is 0.191 e. The van der Waals surface area contributed by atoms with Gasteiger partial charge in [-0.1, -0.05) is 47.3 Å². The predicted molar refractivity (Wildman–Crippen MR) is 112 cm³/mol. The molecule has 28 heavy (non-hydrogen) atoms. The fraction of sp³-hybridized carbons (Fsp3) is 0.263. The zero-order valence-electron chi connectivity index (χ0n) is 15.5. The van der Waals surface area contributed by atoms with Gasteiger partial charge in [0.2, 0.25) is 0 Å². The van der Waals surface area contributed by atoms with Crippen molar-refractivity contribution in [3.63, 3.8) is 0 Å². The Morgan fingerprint density at radius 2 is 1.89 bits per heavy atom. The molecule has 0 spiro atoms. The Bertz CT molecular complexity index is 952. The highest BCUT2D eigenvalue weighted by atomic mass is 35.5. The third-order valence-corrected chi connectivity index (χ3v) is 6.00. The molecule has 1 aromatic carbocycles. The zero-order chi connectivity index (χ0) is 20.1. The van der Waals surface area contributed by atoms with E-state index in [0.29, 0.717) is 38.9 Å². The highest BCUT2D eigenvalue weighted by Gasteiger charge is 2.15. The summed E-state index contributed by atoms with van der Waals surface area (Å²) >= 11 is 9.01. The maximum Gasteiger partial charge on any atom is 0.191 e. The van der Waals surface area contributed by atoms with Gasteiger partial charge in [-0.2, -0.15) is 0 Å². The Hall–Kier alpha value is -1.90. The molecule has 0 saturated carbocycles. The molecular formula is C19H19ClFN5S2. The Kier molecular flexibility index (Phi) is 7.09. The Labute approximate surface area is 176 Å². The van der Waals surface area contributed by atoms with E-state index >= 15 is 0 Å². The number of allylic oxidation sites excluding steroid dienone is 1. The van der Waals surface area contributed by atoms with Crippen LogP contribution in [0.1, 0.15) is 22.8 Å². The summed E-state index contributed by atoms with van der Waals surface area (Å²) in [4.78, 5) is 8.88. The van der Waals surface area contributed by atoms with E-state index in [-0.39, 0.29) is 5.82 Å². The third kappa shape index (κ3) is 5.12. The van der Waals surface area contributed by atoms with Crippen LogP contribution in [-0.4, -0.2) is 24.7 Å². The second-order valence-electron chi connectivity index (χ2n) is 6.01. The summed E-state index contributed by atoms with van der Waals surface area (Å²) in [7, 11) is 0. The van der Waals surface area contributed by atoms with Gasteiger partial charge in [0.15, 0.2) is 10.3 Å². The lowest BCUT2D eigenvalue weighted by Crippen LogP contribution is -2.04. The molecule has 2 aromatic heterocycles. The lowest BCUT2D eigenvalue weighted by atomic mass is 10.2. The van der Waals surface area contributed by atoms with E-state index in [9.17, 15) is 4.39 Å². The van der Waals surface area contributed by atoms with Crippen LogP contribution in [0.15, 0.2) is 47.2 Å². The number of halogens is 2. The van der Waals surface area contributed by atoms with Crippen LogP contribution in [0.4, 0.5) is 4.39 Å². The Morgan fingerprint density at radius 1 is 1.14 bits per heavy atom. The standard InChI is InChI=1S/C19H19ClFN5S2/c1-4-8-26-17(11-27-18-22-12(2)9-13(3)23-18)24-25-19(26)28-10-14-15(20)6-5-7-16(14)21/h4-7,9H,1,8,10-11H2,2-3H3. The van der Waals surface area contributed by atoms with Crippen molar-refractivity contribution in [2.24, 2.45) is 0 Å². The quantitative estimate of drug-likeness (QED) is 0.273. The van der Waals surface area contributed by atoms with E-state index in [2.05, 4.69) is 26.7 Å². The van der Waals surface area contributed by atoms with Gasteiger partial charge in [0.05, 0.1) is 5.75 Å². The number of hydrogen-bond donors (Lipinski definition) is 0. The molecule has 3 aromatic rings. The van der Waals surface area contributed by atoms with Crippen LogP contribution in [0.5, 0.6) is 0 Å². The summed E-state index contributed by atoms with van der Waals surface area (Å²) in [5, 5.41) is 10.4. The van der Waals surface area contributed by atoms with E-state index in [1.807, 2.05) is 24.5 Å². The van der Waals surface area contributed by atoms with Gasteiger partial charge in [0.1, 0.15) is 11.6 Å². The molecule has 3 rings (SSSR count). The van der Waals surface area contributed by atoms with Crippen molar-refractivity contribution in [2.75, 3.05) is 0 Å². The van der Waals surface area contributed by atoms with Crippen LogP contribution in [0.2, 0.25) is 5.02 Å². The highest BCUT2D eigenvalue weighted by Crippen LogP contribution is 2.29. The first kappa shape index (κ1) is 20.8. The number of thioether (sulfide) groups is 2. The lowest BCUT2D eigenvalue weighted by molar-refractivity contribution is 0.617. The van der Waals surface area contributed by atoms with E-state index in [0.717, 1.165) is 17.2 Å². The van der Waals surface area contributed by atoms with Gasteiger partial charge in [-0.3, -0.25) is 0 Å². The van der Waals surface area contributed by atoms with Crippen LogP contribution in [0.3, 0.4) is 0 Å². The van der Waals surface area contributed by atoms with Gasteiger partial charge in [-0.15, -0.1) is 16.8 Å². The van der Waals surface area contributed by atoms with Gasteiger partial charge in [0.25, 0.3) is 0 Å². The lowest BCUT2D eigenvalue weighted by Gasteiger charge is -2.09. The largest absolute Gasteiger partial charge is 0.301 e. The highest BCUT2D eigenvalue weighted by molar-refractivity contribution is 7.98. The van der Waals surface area contributed by atoms with Crippen LogP contribution in [-0.2, 0) is 18.1 Å². The molecule has 146 valence electrons. The average molecular weight is 436 g/mol. The van der Waals surface area contributed by atoms with Gasteiger partial charge in [-0.25, -0.2) is 14.4 Å². The van der Waals surface area contributed by atoms with Crippen LogP contribution in [0, 0.1) is 19.7 Å². The van der Waals surface area contributed by atoms with Crippen molar-refractivity contribution in [3.05, 3.63) is 70.5 Å². The topological polar surface area (TPSA) is 56.5 Å². The molecule has 0 aliphatic rings. The number of rotatable bonds is 8. The minimum absolute atomic E-state index is 0.322. The SMILES string of the molecule is C=CCn1c(CSc2nc(C)cc(C)n2)nnc1SCc1c(F)cccc1Cl. The minimum Gasteiger partial charge on any atom is -0.301 e. The molecule has 0 aliphatic carbocycles. The number of aryl methyl sites for hydroxylation is 2. The van der Waals surface area contributed by atoms with Crippen molar-refractivity contribution in [1.82, 2.24) is 24.7 Å². The average Bonchev–Trinajstić information content (AvgIpc) is 3.01. The maximum atomic E-state index is 14.0. The normalized spacial score (nSPS) is 11.0. The molecule has 2 heterocycles. The Morgan fingerprint density at radius 3 is 2.57 bits per heavy atom. The molecule has 0 amide bonds. The predicted octanol–water partition coefficient (Wildman–Crippen LogP) is 5.25. The zero-order valence-corrected chi connectivity index (χ0v) is 17.9. The molecule has 0 fully saturated rings. The number of nitrogens with zero attached hydrogens (tertiary/aromatic N) is 5. The summed E-state index contributed by atoms with van der Waals surface area (Å²) in [6, 6.07) is 6.62. The van der Waals surface area contributed by atoms with Gasteiger partial charge >= 0.3 is 0 Å². The van der Waals surface area contributed by atoms with Crippen molar-refractivity contribution in [3.8, 4) is 0 Å². The van der Waals surface area contributed by atoms with E-state index < -0.39 is 0 Å². The first-order valence-corrected chi connectivity index (χ1v) is 10.9. The summed E-state index contributed by atoms with van der Waals surface area (Å²) in [6.45, 7) is 8.26. The molecule has 5 nitrogen and oxygen atoms in total. The monoisotopic (exact) mass is 435 g/mol. The second kappa shape index (κ2) is 9.54. The maximum absolute atomic E-state index is 14.0. The third-order valence-electron chi connectivity index (χ3n) is 3.80. The van der Waals surface area contributed by atoms with Crippen molar-refractivity contribution < 1.29 is 4.39 Å². The first-order valence-electron chi connectivity index (χ1n) is 8.51. The number of hydrogen-bond acceptors (Lipinski definition) is 6. The molecule has 0 unspecified atom stereocenters. The Balaban J connectivity index is 1.74. The van der Waals surface area contributed by atoms with Crippen LogP contribution in [0.25, 0.3) is 0 Å². The van der Waals surface area contributed by atoms with E-state index in [4.69, 9.17) is 11.6 Å². The van der Waals surface area contributed by atoms with E-state index in [1.54, 1.807) is 18.2 Å². The minimum atomic E-state index is -0.322. The van der Waals surface area contributed by atoms with Crippen molar-refractivity contribution in [1.29, 1.82) is 0 Å². The van der Waals surface area contributed by atoms with Crippen molar-refractivity contribution in [2.45, 2.75) is 42.2 Å². The molecule has 0 radical (unpaired) electrons. The van der Waals surface area contributed by atoms with Gasteiger partial charge in [0, 0.05) is 34.3 Å². The van der Waals surface area contributed by atoms with Gasteiger partial charge in [-0.05, 0) is 32.0 Å². The van der Waals surface area contributed by atoms with Crippen LogP contribution < -0.4 is 0 Å². The number of benzene rings is 1. The fourth-order valence-corrected chi connectivity index (χ4v) is 4.74. The van der Waals surface area contributed by atoms with Gasteiger partial charge < -0.3 is 4.57 Å². The van der Waals surface area contributed by atoms with Crippen molar-refractivity contribution >= 4 is 35.1 Å². The molecule has 0 aliphatic heterocycles. The summed E-state index contributed by atoms with van der Waals surface area (Å²) in [6.07, 6.45) is 1.78. The molecule has 9 heteroatoms. The summed E-state index contributed by atoms with van der Waals surface area (Å²) in [5.41, 5.74) is 2.32. The molecular weight excluding hydrogens is 417 g/mol. The summed E-state index contributed by atoms with van der Waals surface area (Å²) in [5.74, 6) is 1.41. The first-order chi connectivity index (χ1) is 13.5. The number of aromatic nitrogens is 5. The molecule has 0 atom stereocenters. The molecule has 0 saturated heterocycles. The summed E-state index contributed by atoms with van der Waals surface area (Å²) < 4.78 is 16.0. The second-order valence-corrected chi connectivity index (χ2v) is 8.30.